The zero-order valence-electron chi connectivity index (χ0n) is 12.1. The Morgan fingerprint density at radius 1 is 1.32 bits per heavy atom. The molecule has 0 aliphatic carbocycles. The number of nitrogens with zero attached hydrogens (tertiary/aromatic N) is 1. The van der Waals surface area contributed by atoms with E-state index in [9.17, 15) is 18.0 Å². The lowest BCUT2D eigenvalue weighted by atomic mass is 9.91. The van der Waals surface area contributed by atoms with Crippen molar-refractivity contribution >= 4 is 21.7 Å². The highest BCUT2D eigenvalue weighted by Gasteiger charge is 2.46. The minimum absolute atomic E-state index is 0.0340. The third-order valence-electron chi connectivity index (χ3n) is 3.40. The summed E-state index contributed by atoms with van der Waals surface area (Å²) in [5.74, 6) is -0.642. The minimum atomic E-state index is -3.18. The Balaban J connectivity index is 3.01. The second-order valence-electron chi connectivity index (χ2n) is 5.87. The molecule has 1 fully saturated rings. The fourth-order valence-corrected chi connectivity index (χ4v) is 2.56. The van der Waals surface area contributed by atoms with Gasteiger partial charge in [0, 0.05) is 12.8 Å². The van der Waals surface area contributed by atoms with Crippen molar-refractivity contribution in [3.05, 3.63) is 0 Å². The largest absolute Gasteiger partial charge is 0.342 e. The maximum absolute atomic E-state index is 12.4. The molecular weight excluding hydrogens is 268 g/mol. The molecule has 2 amide bonds. The number of carbonyl (C=O) groups is 2. The van der Waals surface area contributed by atoms with Crippen LogP contribution in [-0.2, 0) is 19.4 Å². The van der Waals surface area contributed by atoms with Gasteiger partial charge in [-0.3, -0.25) is 9.59 Å². The van der Waals surface area contributed by atoms with Crippen LogP contribution in [0.15, 0.2) is 0 Å². The molecule has 0 aromatic carbocycles. The van der Waals surface area contributed by atoms with Gasteiger partial charge >= 0.3 is 0 Å². The molecule has 19 heavy (non-hydrogen) atoms. The second-order valence-corrected chi connectivity index (χ2v) is 8.13. The van der Waals surface area contributed by atoms with E-state index < -0.39 is 21.4 Å². The van der Waals surface area contributed by atoms with Gasteiger partial charge in [-0.1, -0.05) is 13.8 Å². The molecule has 0 spiro atoms. The molecule has 110 valence electrons. The molecule has 1 unspecified atom stereocenters. The normalized spacial score (nSPS) is 23.7. The maximum Gasteiger partial charge on any atom is 0.246 e. The summed E-state index contributed by atoms with van der Waals surface area (Å²) in [6, 6.07) is -0.583. The fraction of sp³-hybridized carbons (Fsp3) is 0.833. The monoisotopic (exact) mass is 290 g/mol. The molecule has 7 heteroatoms. The van der Waals surface area contributed by atoms with E-state index in [-0.39, 0.29) is 30.0 Å². The van der Waals surface area contributed by atoms with E-state index in [1.54, 1.807) is 13.8 Å². The first kappa shape index (κ1) is 15.9. The number of piperazine rings is 1. The van der Waals surface area contributed by atoms with Crippen LogP contribution >= 0.6 is 0 Å². The summed E-state index contributed by atoms with van der Waals surface area (Å²) in [4.78, 5) is 25.8. The lowest BCUT2D eigenvalue weighted by molar-refractivity contribution is -0.156. The van der Waals surface area contributed by atoms with E-state index in [2.05, 4.69) is 5.32 Å². The molecule has 0 aromatic rings. The van der Waals surface area contributed by atoms with Gasteiger partial charge in [-0.15, -0.1) is 0 Å². The molecule has 0 bridgehead atoms. The average molecular weight is 290 g/mol. The average Bonchev–Trinajstić information content (AvgIpc) is 2.21. The van der Waals surface area contributed by atoms with Crippen molar-refractivity contribution in [3.8, 4) is 0 Å². The van der Waals surface area contributed by atoms with Crippen molar-refractivity contribution in [2.24, 2.45) is 5.92 Å². The molecule has 1 rings (SSSR count). The number of sulfone groups is 1. The van der Waals surface area contributed by atoms with E-state index in [1.807, 2.05) is 13.8 Å². The maximum atomic E-state index is 12.4. The third kappa shape index (κ3) is 3.46. The van der Waals surface area contributed by atoms with E-state index in [4.69, 9.17) is 0 Å². The summed E-state index contributed by atoms with van der Waals surface area (Å²) >= 11 is 0. The van der Waals surface area contributed by atoms with Crippen LogP contribution in [0.3, 0.4) is 0 Å². The standard InChI is InChI=1S/C12H22N2O4S/c1-8(2)9-10(15)14(6-7-19(5,17)18)12(3,4)11(16)13-9/h8-9H,6-7H2,1-5H3,(H,13,16). The lowest BCUT2D eigenvalue weighted by Gasteiger charge is -2.45. The van der Waals surface area contributed by atoms with E-state index >= 15 is 0 Å². The first-order valence-electron chi connectivity index (χ1n) is 6.27. The van der Waals surface area contributed by atoms with E-state index in [0.717, 1.165) is 6.26 Å². The van der Waals surface area contributed by atoms with Crippen molar-refractivity contribution in [1.82, 2.24) is 10.2 Å². The summed E-state index contributed by atoms with van der Waals surface area (Å²) in [6.45, 7) is 6.98. The molecule has 1 N–H and O–H groups in total. The van der Waals surface area contributed by atoms with Gasteiger partial charge in [0.25, 0.3) is 0 Å². The quantitative estimate of drug-likeness (QED) is 0.776. The number of hydrogen-bond acceptors (Lipinski definition) is 4. The topological polar surface area (TPSA) is 83.6 Å². The first-order valence-corrected chi connectivity index (χ1v) is 8.33. The summed E-state index contributed by atoms with van der Waals surface area (Å²) in [7, 11) is -3.18. The summed E-state index contributed by atoms with van der Waals surface area (Å²) in [6.07, 6.45) is 1.12. The van der Waals surface area contributed by atoms with Gasteiger partial charge in [-0.05, 0) is 19.8 Å². The first-order chi connectivity index (χ1) is 8.47. The molecule has 1 atom stereocenters. The Bertz CT molecular complexity index is 482. The van der Waals surface area contributed by atoms with Crippen molar-refractivity contribution in [2.75, 3.05) is 18.6 Å². The third-order valence-corrected chi connectivity index (χ3v) is 4.33. The Kier molecular flexibility index (Phi) is 4.29. The molecule has 1 heterocycles. The second kappa shape index (κ2) is 5.11. The van der Waals surface area contributed by atoms with Gasteiger partial charge in [-0.25, -0.2) is 8.42 Å². The SMILES string of the molecule is CC(C)C1NC(=O)C(C)(C)N(CCS(C)(=O)=O)C1=O. The highest BCUT2D eigenvalue weighted by atomic mass is 32.2. The molecular formula is C12H22N2O4S. The van der Waals surface area contributed by atoms with Crippen molar-refractivity contribution < 1.29 is 18.0 Å². The van der Waals surface area contributed by atoms with Crippen LogP contribution in [0.2, 0.25) is 0 Å². The Morgan fingerprint density at radius 2 is 1.84 bits per heavy atom. The van der Waals surface area contributed by atoms with Crippen molar-refractivity contribution in [3.63, 3.8) is 0 Å². The van der Waals surface area contributed by atoms with Crippen LogP contribution in [0.5, 0.6) is 0 Å². The van der Waals surface area contributed by atoms with Gasteiger partial charge in [0.15, 0.2) is 0 Å². The Morgan fingerprint density at radius 3 is 2.26 bits per heavy atom. The smallest absolute Gasteiger partial charge is 0.246 e. The summed E-state index contributed by atoms with van der Waals surface area (Å²) in [5, 5.41) is 2.70. The highest BCUT2D eigenvalue weighted by Crippen LogP contribution is 2.23. The van der Waals surface area contributed by atoms with Gasteiger partial charge in [0.2, 0.25) is 11.8 Å². The summed E-state index contributed by atoms with van der Waals surface area (Å²) in [5.41, 5.74) is -1.02. The molecule has 1 aliphatic heterocycles. The molecule has 0 saturated carbocycles. The zero-order chi connectivity index (χ0) is 15.0. The number of nitrogens with one attached hydrogen (secondary N) is 1. The molecule has 0 aromatic heterocycles. The Hall–Kier alpha value is -1.11. The lowest BCUT2D eigenvalue weighted by Crippen LogP contribution is -2.69. The number of rotatable bonds is 4. The molecule has 6 nitrogen and oxygen atoms in total. The van der Waals surface area contributed by atoms with Gasteiger partial charge < -0.3 is 10.2 Å². The predicted molar refractivity (Wildman–Crippen MR) is 72.3 cm³/mol. The van der Waals surface area contributed by atoms with Gasteiger partial charge in [0.1, 0.15) is 21.4 Å². The number of hydrogen-bond donors (Lipinski definition) is 1. The van der Waals surface area contributed by atoms with Crippen molar-refractivity contribution in [2.45, 2.75) is 39.3 Å². The number of amides is 2. The van der Waals surface area contributed by atoms with E-state index in [0.29, 0.717) is 0 Å². The minimum Gasteiger partial charge on any atom is -0.342 e. The van der Waals surface area contributed by atoms with Crippen molar-refractivity contribution in [1.29, 1.82) is 0 Å². The fourth-order valence-electron chi connectivity index (χ4n) is 2.04. The van der Waals surface area contributed by atoms with Crippen LogP contribution in [0, 0.1) is 5.92 Å². The van der Waals surface area contributed by atoms with Crippen LogP contribution in [0.4, 0.5) is 0 Å². The molecule has 1 saturated heterocycles. The van der Waals surface area contributed by atoms with Crippen LogP contribution in [0.25, 0.3) is 0 Å². The van der Waals surface area contributed by atoms with Crippen LogP contribution in [0.1, 0.15) is 27.7 Å². The van der Waals surface area contributed by atoms with Gasteiger partial charge in [-0.2, -0.15) is 0 Å². The van der Waals surface area contributed by atoms with E-state index in [1.165, 1.54) is 4.90 Å². The molecule has 0 radical (unpaired) electrons. The Labute approximate surface area is 114 Å². The molecule has 1 aliphatic rings. The van der Waals surface area contributed by atoms with Gasteiger partial charge in [0.05, 0.1) is 5.75 Å². The van der Waals surface area contributed by atoms with Crippen LogP contribution in [-0.4, -0.2) is 55.3 Å². The highest BCUT2D eigenvalue weighted by molar-refractivity contribution is 7.90. The predicted octanol–water partition coefficient (Wildman–Crippen LogP) is -0.207. The number of carbonyl (C=O) groups excluding carboxylic acids is 2. The summed E-state index contributed by atoms with van der Waals surface area (Å²) < 4.78 is 22.5. The van der Waals surface area contributed by atoms with Crippen LogP contribution < -0.4 is 5.32 Å². The zero-order valence-corrected chi connectivity index (χ0v) is 12.9.